The van der Waals surface area contributed by atoms with Gasteiger partial charge in [-0.25, -0.2) is 0 Å². The summed E-state index contributed by atoms with van der Waals surface area (Å²) in [5, 5.41) is 7.51. The van der Waals surface area contributed by atoms with Crippen LogP contribution in [-0.2, 0) is 6.54 Å². The smallest absolute Gasteiger partial charge is 0.170 e. The molecule has 0 spiro atoms. The SMILES string of the molecule is CCn1cc(C(=O)C2C3CNC2C3)cn1. The van der Waals surface area contributed by atoms with Gasteiger partial charge in [-0.05, 0) is 25.8 Å². The van der Waals surface area contributed by atoms with Crippen LogP contribution in [0.15, 0.2) is 12.4 Å². The first-order valence-corrected chi connectivity index (χ1v) is 5.59. The summed E-state index contributed by atoms with van der Waals surface area (Å²) in [6, 6.07) is 0.437. The topological polar surface area (TPSA) is 46.9 Å². The van der Waals surface area contributed by atoms with Crippen LogP contribution in [0.4, 0.5) is 0 Å². The van der Waals surface area contributed by atoms with Crippen molar-refractivity contribution in [1.82, 2.24) is 15.1 Å². The zero-order chi connectivity index (χ0) is 10.4. The van der Waals surface area contributed by atoms with Crippen molar-refractivity contribution in [2.45, 2.75) is 25.9 Å². The van der Waals surface area contributed by atoms with E-state index in [0.29, 0.717) is 12.0 Å². The Balaban J connectivity index is 1.79. The average molecular weight is 205 g/mol. The van der Waals surface area contributed by atoms with Gasteiger partial charge in [0, 0.05) is 24.7 Å². The van der Waals surface area contributed by atoms with Gasteiger partial charge in [-0.1, -0.05) is 0 Å². The molecule has 15 heavy (non-hydrogen) atoms. The van der Waals surface area contributed by atoms with Crippen LogP contribution in [0, 0.1) is 11.8 Å². The summed E-state index contributed by atoms with van der Waals surface area (Å²) < 4.78 is 1.81. The van der Waals surface area contributed by atoms with E-state index in [9.17, 15) is 4.79 Å². The molecular weight excluding hydrogens is 190 g/mol. The Hall–Kier alpha value is -1.16. The van der Waals surface area contributed by atoms with Crippen LogP contribution in [0.1, 0.15) is 23.7 Å². The van der Waals surface area contributed by atoms with Crippen LogP contribution in [0.2, 0.25) is 0 Å². The third kappa shape index (κ3) is 1.24. The van der Waals surface area contributed by atoms with Gasteiger partial charge in [0.25, 0.3) is 0 Å². The second-order valence-corrected chi connectivity index (χ2v) is 4.49. The zero-order valence-corrected chi connectivity index (χ0v) is 8.81. The van der Waals surface area contributed by atoms with Gasteiger partial charge in [0.15, 0.2) is 5.78 Å². The highest BCUT2D eigenvalue weighted by Crippen LogP contribution is 2.41. The van der Waals surface area contributed by atoms with Crippen molar-refractivity contribution in [2.24, 2.45) is 11.8 Å². The number of nitrogens with zero attached hydrogens (tertiary/aromatic N) is 2. The molecule has 3 unspecified atom stereocenters. The first-order chi connectivity index (χ1) is 7.29. The summed E-state index contributed by atoms with van der Waals surface area (Å²) in [6.07, 6.45) is 4.74. The third-order valence-electron chi connectivity index (χ3n) is 3.68. The van der Waals surface area contributed by atoms with Crippen molar-refractivity contribution in [2.75, 3.05) is 6.54 Å². The van der Waals surface area contributed by atoms with E-state index in [0.717, 1.165) is 18.7 Å². The minimum atomic E-state index is 0.222. The molecule has 80 valence electrons. The van der Waals surface area contributed by atoms with E-state index >= 15 is 0 Å². The lowest BCUT2D eigenvalue weighted by molar-refractivity contribution is 0.0784. The van der Waals surface area contributed by atoms with Gasteiger partial charge in [0.1, 0.15) is 0 Å². The Bertz CT molecular complexity index is 384. The molecule has 3 fully saturated rings. The van der Waals surface area contributed by atoms with Gasteiger partial charge in [-0.2, -0.15) is 5.10 Å². The van der Waals surface area contributed by atoms with E-state index < -0.39 is 0 Å². The van der Waals surface area contributed by atoms with Gasteiger partial charge in [-0.3, -0.25) is 9.48 Å². The molecule has 0 amide bonds. The lowest BCUT2D eigenvalue weighted by Gasteiger charge is -2.32. The van der Waals surface area contributed by atoms with Crippen LogP contribution in [0.3, 0.4) is 0 Å². The fourth-order valence-corrected chi connectivity index (χ4v) is 2.73. The fourth-order valence-electron chi connectivity index (χ4n) is 2.73. The van der Waals surface area contributed by atoms with Gasteiger partial charge in [0.05, 0.1) is 11.8 Å². The van der Waals surface area contributed by atoms with Crippen LogP contribution >= 0.6 is 0 Å². The molecule has 4 rings (SSSR count). The molecule has 0 aromatic carbocycles. The molecule has 3 atom stereocenters. The number of nitrogens with one attached hydrogen (secondary N) is 1. The van der Waals surface area contributed by atoms with Crippen LogP contribution in [0.5, 0.6) is 0 Å². The average Bonchev–Trinajstić information content (AvgIpc) is 2.93. The van der Waals surface area contributed by atoms with Crippen LogP contribution in [0.25, 0.3) is 0 Å². The normalized spacial score (nSPS) is 32.7. The maximum absolute atomic E-state index is 12.1. The molecule has 1 aliphatic carbocycles. The van der Waals surface area contributed by atoms with E-state index in [1.54, 1.807) is 10.9 Å². The number of fused-ring (bicyclic) bond motifs is 1. The number of carbonyl (C=O) groups is 1. The summed E-state index contributed by atoms with van der Waals surface area (Å²) in [6.45, 7) is 3.86. The first-order valence-electron chi connectivity index (χ1n) is 5.59. The summed E-state index contributed by atoms with van der Waals surface area (Å²) in [7, 11) is 0. The number of aryl methyl sites for hydroxylation is 1. The van der Waals surface area contributed by atoms with Gasteiger partial charge < -0.3 is 5.32 Å². The third-order valence-corrected chi connectivity index (χ3v) is 3.68. The second-order valence-electron chi connectivity index (χ2n) is 4.49. The summed E-state index contributed by atoms with van der Waals surface area (Å²) in [5.41, 5.74) is 0.778. The number of Topliss-reactive ketones (excluding diaryl/α,β-unsaturated/α-hetero) is 1. The number of rotatable bonds is 3. The van der Waals surface area contributed by atoms with Crippen molar-refractivity contribution in [3.8, 4) is 0 Å². The van der Waals surface area contributed by atoms with Gasteiger partial charge >= 0.3 is 0 Å². The molecule has 4 nitrogen and oxygen atoms in total. The molecule has 1 saturated carbocycles. The number of hydrogen-bond donors (Lipinski definition) is 1. The highest BCUT2D eigenvalue weighted by Gasteiger charge is 2.50. The maximum Gasteiger partial charge on any atom is 0.170 e. The van der Waals surface area contributed by atoms with E-state index in [2.05, 4.69) is 10.4 Å². The largest absolute Gasteiger partial charge is 0.313 e. The molecule has 2 saturated heterocycles. The summed E-state index contributed by atoms with van der Waals surface area (Å²) in [5.74, 6) is 1.08. The molecule has 1 N–H and O–H groups in total. The molecular formula is C11H15N3O. The molecule has 3 heterocycles. The molecule has 1 aromatic heterocycles. The predicted molar refractivity (Wildman–Crippen MR) is 55.6 cm³/mol. The lowest BCUT2D eigenvalue weighted by atomic mass is 9.70. The zero-order valence-electron chi connectivity index (χ0n) is 8.81. The van der Waals surface area contributed by atoms with Crippen molar-refractivity contribution >= 4 is 5.78 Å². The molecule has 2 bridgehead atoms. The molecule has 0 radical (unpaired) electrons. The highest BCUT2D eigenvalue weighted by atomic mass is 16.1. The Morgan fingerprint density at radius 1 is 1.73 bits per heavy atom. The molecule has 3 aliphatic rings. The van der Waals surface area contributed by atoms with Crippen molar-refractivity contribution < 1.29 is 4.79 Å². The number of ketones is 1. The molecule has 2 aliphatic heterocycles. The van der Waals surface area contributed by atoms with Crippen molar-refractivity contribution in [3.63, 3.8) is 0 Å². The molecule has 1 aromatic rings. The summed E-state index contributed by atoms with van der Waals surface area (Å²) in [4.78, 5) is 12.1. The number of hydrogen-bond acceptors (Lipinski definition) is 3. The van der Waals surface area contributed by atoms with E-state index in [1.807, 2.05) is 13.1 Å². The van der Waals surface area contributed by atoms with Crippen molar-refractivity contribution in [1.29, 1.82) is 0 Å². The minimum Gasteiger partial charge on any atom is -0.313 e. The second kappa shape index (κ2) is 3.17. The Kier molecular flexibility index (Phi) is 1.92. The van der Waals surface area contributed by atoms with Crippen molar-refractivity contribution in [3.05, 3.63) is 18.0 Å². The van der Waals surface area contributed by atoms with Crippen LogP contribution < -0.4 is 5.32 Å². The van der Waals surface area contributed by atoms with E-state index in [1.165, 1.54) is 6.42 Å². The lowest BCUT2D eigenvalue weighted by Crippen LogP contribution is -2.42. The Morgan fingerprint density at radius 3 is 3.13 bits per heavy atom. The standard InChI is InChI=1S/C11H15N3O/c1-2-14-6-8(5-13-14)11(15)10-7-3-9(10)12-4-7/h5-7,9-10,12H,2-4H2,1H3. The molecule has 4 heteroatoms. The quantitative estimate of drug-likeness (QED) is 0.739. The minimum absolute atomic E-state index is 0.222. The first kappa shape index (κ1) is 9.09. The Morgan fingerprint density at radius 2 is 2.60 bits per heavy atom. The van der Waals surface area contributed by atoms with E-state index in [4.69, 9.17) is 0 Å². The maximum atomic E-state index is 12.1. The van der Waals surface area contributed by atoms with Gasteiger partial charge in [-0.15, -0.1) is 0 Å². The number of carbonyl (C=O) groups excluding carboxylic acids is 1. The summed E-state index contributed by atoms with van der Waals surface area (Å²) >= 11 is 0. The van der Waals surface area contributed by atoms with E-state index in [-0.39, 0.29) is 11.7 Å². The number of aromatic nitrogens is 2. The van der Waals surface area contributed by atoms with Gasteiger partial charge in [0.2, 0.25) is 0 Å². The monoisotopic (exact) mass is 205 g/mol. The predicted octanol–water partition coefficient (Wildman–Crippen LogP) is 0.694. The fraction of sp³-hybridized carbons (Fsp3) is 0.636. The highest BCUT2D eigenvalue weighted by molar-refractivity contribution is 5.99. The van der Waals surface area contributed by atoms with Crippen LogP contribution in [-0.4, -0.2) is 28.2 Å². The Labute approximate surface area is 88.7 Å².